The zero-order chi connectivity index (χ0) is 13.0. The summed E-state index contributed by atoms with van der Waals surface area (Å²) in [6.45, 7) is -1.04. The van der Waals surface area contributed by atoms with Gasteiger partial charge in [-0.05, 0) is 23.8 Å². The number of hydrogen-bond acceptors (Lipinski definition) is 2. The Morgan fingerprint density at radius 3 is 2.67 bits per heavy atom. The molecule has 0 aromatic heterocycles. The molecule has 0 bridgehead atoms. The van der Waals surface area contributed by atoms with E-state index in [9.17, 15) is 9.18 Å². The third kappa shape index (κ3) is 2.66. The maximum absolute atomic E-state index is 12.2. The molecule has 0 fully saturated rings. The van der Waals surface area contributed by atoms with Crippen LogP contribution in [0.1, 0.15) is 0 Å². The Bertz CT molecular complexity index is 569. The Labute approximate surface area is 104 Å². The molecule has 18 heavy (non-hydrogen) atoms. The highest BCUT2D eigenvalue weighted by Gasteiger charge is 2.07. The lowest BCUT2D eigenvalue weighted by molar-refractivity contribution is -0.117. The van der Waals surface area contributed by atoms with E-state index in [1.165, 1.54) is 0 Å². The van der Waals surface area contributed by atoms with Gasteiger partial charge < -0.3 is 11.1 Å². The quantitative estimate of drug-likeness (QED) is 0.816. The van der Waals surface area contributed by atoms with Gasteiger partial charge in [-0.25, -0.2) is 4.39 Å². The third-order valence-electron chi connectivity index (χ3n) is 2.52. The van der Waals surface area contributed by atoms with Gasteiger partial charge in [0.15, 0.2) is 6.67 Å². The first kappa shape index (κ1) is 12.1. The summed E-state index contributed by atoms with van der Waals surface area (Å²) in [7, 11) is 0. The molecule has 0 spiro atoms. The number of nitrogens with one attached hydrogen (secondary N) is 1. The third-order valence-corrected chi connectivity index (χ3v) is 2.52. The van der Waals surface area contributed by atoms with Crippen LogP contribution in [0.3, 0.4) is 0 Å². The van der Waals surface area contributed by atoms with E-state index in [2.05, 4.69) is 5.32 Å². The van der Waals surface area contributed by atoms with Crippen LogP contribution in [0.2, 0.25) is 0 Å². The molecule has 2 aromatic carbocycles. The Balaban J connectivity index is 2.41. The number of nitrogens with two attached hydrogens (primary N) is 1. The monoisotopic (exact) mass is 244 g/mol. The van der Waals surface area contributed by atoms with Crippen LogP contribution in [0.4, 0.5) is 15.8 Å². The number of alkyl halides is 1. The average molecular weight is 244 g/mol. The lowest BCUT2D eigenvalue weighted by atomic mass is 10.0. The normalized spacial score (nSPS) is 10.1. The van der Waals surface area contributed by atoms with Crippen LogP contribution in [0, 0.1) is 0 Å². The average Bonchev–Trinajstić information content (AvgIpc) is 2.39. The number of para-hydroxylation sites is 1. The minimum Gasteiger partial charge on any atom is -0.399 e. The first-order valence-electron chi connectivity index (χ1n) is 5.51. The number of benzene rings is 2. The summed E-state index contributed by atoms with van der Waals surface area (Å²) in [4.78, 5) is 11.1. The fourth-order valence-corrected chi connectivity index (χ4v) is 1.73. The summed E-state index contributed by atoms with van der Waals surface area (Å²) in [6, 6.07) is 14.5. The van der Waals surface area contributed by atoms with Crippen molar-refractivity contribution in [2.45, 2.75) is 0 Å². The van der Waals surface area contributed by atoms with Crippen molar-refractivity contribution in [3.8, 4) is 11.1 Å². The highest BCUT2D eigenvalue weighted by atomic mass is 19.1. The van der Waals surface area contributed by atoms with Crippen molar-refractivity contribution < 1.29 is 9.18 Å². The van der Waals surface area contributed by atoms with Crippen LogP contribution in [0.25, 0.3) is 11.1 Å². The molecule has 0 atom stereocenters. The first-order chi connectivity index (χ1) is 8.70. The van der Waals surface area contributed by atoms with Crippen molar-refractivity contribution in [1.82, 2.24) is 0 Å². The number of nitrogen functional groups attached to an aromatic ring is 1. The molecule has 4 heteroatoms. The van der Waals surface area contributed by atoms with E-state index in [0.29, 0.717) is 11.4 Å². The summed E-state index contributed by atoms with van der Waals surface area (Å²) in [5, 5.41) is 2.52. The second kappa shape index (κ2) is 5.31. The molecule has 0 heterocycles. The van der Waals surface area contributed by atoms with E-state index in [-0.39, 0.29) is 0 Å². The van der Waals surface area contributed by atoms with Crippen molar-refractivity contribution >= 4 is 17.3 Å². The molecule has 3 N–H and O–H groups in total. The smallest absolute Gasteiger partial charge is 0.255 e. The molecular formula is C14H13FN2O. The minimum atomic E-state index is -1.04. The Morgan fingerprint density at radius 1 is 1.17 bits per heavy atom. The molecule has 0 aliphatic heterocycles. The van der Waals surface area contributed by atoms with Gasteiger partial charge in [0, 0.05) is 16.9 Å². The van der Waals surface area contributed by atoms with Gasteiger partial charge in [-0.2, -0.15) is 0 Å². The predicted octanol–water partition coefficient (Wildman–Crippen LogP) is 2.84. The number of amides is 1. The van der Waals surface area contributed by atoms with Crippen molar-refractivity contribution in [3.05, 3.63) is 48.5 Å². The minimum absolute atomic E-state index is 0.575. The predicted molar refractivity (Wildman–Crippen MR) is 70.9 cm³/mol. The number of carbonyl (C=O) groups is 1. The maximum Gasteiger partial charge on any atom is 0.255 e. The number of rotatable bonds is 3. The lowest BCUT2D eigenvalue weighted by Crippen LogP contribution is -2.13. The van der Waals surface area contributed by atoms with Crippen LogP contribution in [-0.2, 0) is 4.79 Å². The van der Waals surface area contributed by atoms with Crippen molar-refractivity contribution in [3.63, 3.8) is 0 Å². The highest BCUT2D eigenvalue weighted by molar-refractivity contribution is 5.96. The van der Waals surface area contributed by atoms with Crippen molar-refractivity contribution in [1.29, 1.82) is 0 Å². The van der Waals surface area contributed by atoms with E-state index in [4.69, 9.17) is 5.73 Å². The molecule has 0 unspecified atom stereocenters. The Hall–Kier alpha value is -2.36. The second-order valence-corrected chi connectivity index (χ2v) is 3.85. The van der Waals surface area contributed by atoms with Crippen LogP contribution >= 0.6 is 0 Å². The molecular weight excluding hydrogens is 231 g/mol. The molecule has 0 saturated carbocycles. The SMILES string of the molecule is Nc1cccc(-c2ccccc2NC(=O)CF)c1. The van der Waals surface area contributed by atoms with Crippen LogP contribution in [-0.4, -0.2) is 12.6 Å². The van der Waals surface area contributed by atoms with Crippen LogP contribution in [0.5, 0.6) is 0 Å². The number of anilines is 2. The number of carbonyl (C=O) groups excluding carboxylic acids is 1. The van der Waals surface area contributed by atoms with Gasteiger partial charge in [0.2, 0.25) is 0 Å². The molecule has 2 rings (SSSR count). The summed E-state index contributed by atoms with van der Waals surface area (Å²) >= 11 is 0. The van der Waals surface area contributed by atoms with Gasteiger partial charge in [-0.3, -0.25) is 4.79 Å². The molecule has 92 valence electrons. The largest absolute Gasteiger partial charge is 0.399 e. The summed E-state index contributed by atoms with van der Waals surface area (Å²) in [5.74, 6) is -0.661. The van der Waals surface area contributed by atoms with Gasteiger partial charge in [-0.1, -0.05) is 30.3 Å². The lowest BCUT2D eigenvalue weighted by Gasteiger charge is -2.10. The van der Waals surface area contributed by atoms with Gasteiger partial charge in [0.25, 0.3) is 5.91 Å². The molecule has 1 amide bonds. The zero-order valence-electron chi connectivity index (χ0n) is 9.69. The van der Waals surface area contributed by atoms with Crippen LogP contribution < -0.4 is 11.1 Å². The fourth-order valence-electron chi connectivity index (χ4n) is 1.73. The van der Waals surface area contributed by atoms with E-state index < -0.39 is 12.6 Å². The van der Waals surface area contributed by atoms with Gasteiger partial charge in [0.05, 0.1) is 0 Å². The summed E-state index contributed by atoms with van der Waals surface area (Å²) < 4.78 is 12.2. The number of hydrogen-bond donors (Lipinski definition) is 2. The van der Waals surface area contributed by atoms with E-state index >= 15 is 0 Å². The number of halogens is 1. The second-order valence-electron chi connectivity index (χ2n) is 3.85. The molecule has 0 aliphatic carbocycles. The molecule has 3 nitrogen and oxygen atoms in total. The van der Waals surface area contributed by atoms with Gasteiger partial charge >= 0.3 is 0 Å². The molecule has 2 aromatic rings. The zero-order valence-corrected chi connectivity index (χ0v) is 9.69. The first-order valence-corrected chi connectivity index (χ1v) is 5.51. The molecule has 0 aliphatic rings. The van der Waals surface area contributed by atoms with Crippen LogP contribution in [0.15, 0.2) is 48.5 Å². The van der Waals surface area contributed by atoms with Gasteiger partial charge in [-0.15, -0.1) is 0 Å². The fraction of sp³-hybridized carbons (Fsp3) is 0.0714. The molecule has 0 saturated heterocycles. The van der Waals surface area contributed by atoms with Crippen molar-refractivity contribution in [2.75, 3.05) is 17.7 Å². The summed E-state index contributed by atoms with van der Waals surface area (Å²) in [6.07, 6.45) is 0. The topological polar surface area (TPSA) is 55.1 Å². The Kier molecular flexibility index (Phi) is 3.57. The standard InChI is InChI=1S/C14H13FN2O/c15-9-14(18)17-13-7-2-1-6-12(13)10-4-3-5-11(16)8-10/h1-8H,9,16H2,(H,17,18). The Morgan fingerprint density at radius 2 is 1.94 bits per heavy atom. The molecule has 0 radical (unpaired) electrons. The van der Waals surface area contributed by atoms with Gasteiger partial charge in [0.1, 0.15) is 0 Å². The summed E-state index contributed by atoms with van der Waals surface area (Å²) in [5.41, 5.74) is 8.63. The van der Waals surface area contributed by atoms with Crippen molar-refractivity contribution in [2.24, 2.45) is 0 Å². The van der Waals surface area contributed by atoms with E-state index in [1.807, 2.05) is 24.3 Å². The van der Waals surface area contributed by atoms with E-state index in [1.54, 1.807) is 24.3 Å². The highest BCUT2D eigenvalue weighted by Crippen LogP contribution is 2.28. The maximum atomic E-state index is 12.2. The van der Waals surface area contributed by atoms with E-state index in [0.717, 1.165) is 11.1 Å².